The van der Waals surface area contributed by atoms with Crippen molar-refractivity contribution in [3.05, 3.63) is 12.2 Å². The van der Waals surface area contributed by atoms with Gasteiger partial charge in [0.05, 0.1) is 12.0 Å². The average molecular weight is 281 g/mol. The molecular weight excluding hydrogens is 273 g/mol. The van der Waals surface area contributed by atoms with Gasteiger partial charge in [0.25, 0.3) is 0 Å². The molecule has 5 heteroatoms. The first-order valence-electron chi connectivity index (χ1n) is 3.44. The largest absolute Gasteiger partial charge is 0.394 e. The van der Waals surface area contributed by atoms with Crippen LogP contribution in [0.4, 0.5) is 0 Å². The summed E-state index contributed by atoms with van der Waals surface area (Å²) in [5.74, 6) is -1.19. The van der Waals surface area contributed by atoms with Gasteiger partial charge in [-0.2, -0.15) is 0 Å². The second kappa shape index (κ2) is 3.99. The van der Waals surface area contributed by atoms with E-state index in [1.807, 2.05) is 0 Å². The van der Waals surface area contributed by atoms with Crippen molar-refractivity contribution in [1.29, 1.82) is 0 Å². The van der Waals surface area contributed by atoms with E-state index in [1.54, 1.807) is 12.2 Å². The number of allylic oxidation sites excluding steroid dienone is 1. The van der Waals surface area contributed by atoms with Gasteiger partial charge < -0.3 is 8.80 Å². The molecule has 12 heavy (non-hydrogen) atoms. The second-order valence-electron chi connectivity index (χ2n) is 2.55. The Bertz CT molecular complexity index is 239. The van der Waals surface area contributed by atoms with Crippen LogP contribution in [0.5, 0.6) is 0 Å². The molecule has 0 saturated carbocycles. The van der Waals surface area contributed by atoms with Crippen LogP contribution in [0.25, 0.3) is 0 Å². The molecule has 0 aliphatic heterocycles. The number of ketones is 1. The van der Waals surface area contributed by atoms with E-state index in [-0.39, 0.29) is 5.78 Å². The number of carbonyl (C=O) groups excluding carboxylic acids is 2. The lowest BCUT2D eigenvalue weighted by molar-refractivity contribution is -0.137. The highest BCUT2D eigenvalue weighted by molar-refractivity contribution is 14.1. The molecule has 0 bridgehead atoms. The summed E-state index contributed by atoms with van der Waals surface area (Å²) in [6, 6.07) is -0.739. The number of carbonyl (C=O) groups is 2. The van der Waals surface area contributed by atoms with Crippen molar-refractivity contribution in [1.82, 2.24) is 0 Å². The van der Waals surface area contributed by atoms with Gasteiger partial charge in [0.1, 0.15) is 0 Å². The van der Waals surface area contributed by atoms with Crippen LogP contribution in [0.2, 0.25) is 0 Å². The first kappa shape index (κ1) is 9.66. The summed E-state index contributed by atoms with van der Waals surface area (Å²) < 4.78 is 4.46. The summed E-state index contributed by atoms with van der Waals surface area (Å²) in [6.07, 6.45) is 3.57. The van der Waals surface area contributed by atoms with Gasteiger partial charge >= 0.3 is 5.97 Å². The monoisotopic (exact) mass is 281 g/mol. The minimum absolute atomic E-state index is 0.121. The summed E-state index contributed by atoms with van der Waals surface area (Å²) in [7, 11) is 0. The summed E-state index contributed by atoms with van der Waals surface area (Å²) in [5.41, 5.74) is 5.49. The molecule has 0 heterocycles. The molecule has 0 aromatic rings. The summed E-state index contributed by atoms with van der Waals surface area (Å²) in [5, 5.41) is 0. The fourth-order valence-corrected chi connectivity index (χ4v) is 1.36. The maximum absolute atomic E-state index is 11.0. The third kappa shape index (κ3) is 1.84. The second-order valence-corrected chi connectivity index (χ2v) is 2.99. The van der Waals surface area contributed by atoms with Crippen LogP contribution in [0.1, 0.15) is 6.42 Å². The van der Waals surface area contributed by atoms with Crippen LogP contribution >= 0.6 is 23.0 Å². The maximum Gasteiger partial charge on any atom is 0.324 e. The predicted octanol–water partition coefficient (Wildman–Crippen LogP) is 0.352. The highest BCUT2D eigenvalue weighted by Gasteiger charge is 2.31. The highest BCUT2D eigenvalue weighted by Crippen LogP contribution is 2.16. The van der Waals surface area contributed by atoms with Crippen LogP contribution in [0, 0.1) is 5.92 Å². The van der Waals surface area contributed by atoms with Crippen molar-refractivity contribution in [3.8, 4) is 0 Å². The normalized spacial score (nSPS) is 28.7. The number of halogens is 1. The molecule has 0 spiro atoms. The smallest absolute Gasteiger partial charge is 0.324 e. The molecule has 0 aromatic heterocycles. The van der Waals surface area contributed by atoms with Crippen LogP contribution in [-0.2, 0) is 12.7 Å². The van der Waals surface area contributed by atoms with Crippen molar-refractivity contribution in [2.45, 2.75) is 12.5 Å². The van der Waals surface area contributed by atoms with E-state index in [0.717, 1.165) is 0 Å². The third-order valence-electron chi connectivity index (χ3n) is 1.77. The Morgan fingerprint density at radius 3 is 3.00 bits per heavy atom. The van der Waals surface area contributed by atoms with E-state index in [9.17, 15) is 9.59 Å². The van der Waals surface area contributed by atoms with Crippen molar-refractivity contribution in [2.75, 3.05) is 0 Å². The molecule has 0 amide bonds. The summed E-state index contributed by atoms with van der Waals surface area (Å²) in [6.45, 7) is 0. The standard InChI is InChI=1S/C7H8INO3/c8-12-7(11)4-2-1-3-5(10)6(4)9/h1-2,4,6H,3,9H2/t4-,6+/m1/s1. The molecule has 0 aromatic carbocycles. The van der Waals surface area contributed by atoms with E-state index in [0.29, 0.717) is 6.42 Å². The fraction of sp³-hybridized carbons (Fsp3) is 0.429. The first-order chi connectivity index (χ1) is 5.66. The topological polar surface area (TPSA) is 69.4 Å². The van der Waals surface area contributed by atoms with Crippen molar-refractivity contribution < 1.29 is 12.7 Å². The van der Waals surface area contributed by atoms with Gasteiger partial charge in [0.2, 0.25) is 0 Å². The summed E-state index contributed by atoms with van der Waals surface area (Å²) in [4.78, 5) is 22.0. The minimum Gasteiger partial charge on any atom is -0.394 e. The molecule has 1 aliphatic rings. The van der Waals surface area contributed by atoms with Gasteiger partial charge in [0, 0.05) is 6.42 Å². The fourth-order valence-electron chi connectivity index (χ4n) is 1.06. The number of hydrogen-bond acceptors (Lipinski definition) is 4. The van der Waals surface area contributed by atoms with Crippen molar-refractivity contribution in [2.24, 2.45) is 11.7 Å². The molecule has 4 nitrogen and oxygen atoms in total. The molecule has 66 valence electrons. The van der Waals surface area contributed by atoms with E-state index in [1.165, 1.54) is 23.0 Å². The first-order valence-corrected chi connectivity index (χ1v) is 4.32. The molecule has 1 aliphatic carbocycles. The Balaban J connectivity index is 2.76. The van der Waals surface area contributed by atoms with E-state index in [4.69, 9.17) is 5.73 Å². The van der Waals surface area contributed by atoms with Gasteiger partial charge in [-0.1, -0.05) is 12.2 Å². The SMILES string of the molecule is N[C@@H]1C(=O)CC=C[C@H]1C(=O)OI. The molecule has 2 N–H and O–H groups in total. The maximum atomic E-state index is 11.0. The number of hydrogen-bond donors (Lipinski definition) is 1. The van der Waals surface area contributed by atoms with Gasteiger partial charge in [-0.05, 0) is 0 Å². The number of rotatable bonds is 1. The Kier molecular flexibility index (Phi) is 3.21. The molecule has 0 unspecified atom stereocenters. The third-order valence-corrected chi connectivity index (χ3v) is 2.20. The Labute approximate surface area is 83.8 Å². The lowest BCUT2D eigenvalue weighted by atomic mass is 9.90. The van der Waals surface area contributed by atoms with Crippen molar-refractivity contribution >= 4 is 34.8 Å². The molecule has 0 radical (unpaired) electrons. The van der Waals surface area contributed by atoms with Gasteiger partial charge in [-0.15, -0.1) is 0 Å². The van der Waals surface area contributed by atoms with Crippen LogP contribution in [-0.4, -0.2) is 17.8 Å². The molecule has 0 fully saturated rings. The number of Topliss-reactive ketones (excluding diaryl/α,β-unsaturated/α-hetero) is 1. The predicted molar refractivity (Wildman–Crippen MR) is 50.3 cm³/mol. The Morgan fingerprint density at radius 2 is 2.42 bits per heavy atom. The molecule has 2 atom stereocenters. The van der Waals surface area contributed by atoms with Gasteiger partial charge in [-0.25, -0.2) is 0 Å². The van der Waals surface area contributed by atoms with Crippen LogP contribution < -0.4 is 5.73 Å². The van der Waals surface area contributed by atoms with Crippen molar-refractivity contribution in [3.63, 3.8) is 0 Å². The zero-order valence-electron chi connectivity index (χ0n) is 6.20. The molecule has 0 saturated heterocycles. The van der Waals surface area contributed by atoms with Crippen LogP contribution in [0.3, 0.4) is 0 Å². The van der Waals surface area contributed by atoms with E-state index >= 15 is 0 Å². The molecular formula is C7H8INO3. The van der Waals surface area contributed by atoms with Gasteiger partial charge in [-0.3, -0.25) is 9.59 Å². The zero-order valence-corrected chi connectivity index (χ0v) is 8.35. The van der Waals surface area contributed by atoms with Gasteiger partial charge in [0.15, 0.2) is 28.8 Å². The minimum atomic E-state index is -0.739. The number of nitrogens with two attached hydrogens (primary N) is 1. The molecule has 1 rings (SSSR count). The average Bonchev–Trinajstić information content (AvgIpc) is 2.08. The lowest BCUT2D eigenvalue weighted by Crippen LogP contribution is -2.42. The Morgan fingerprint density at radius 1 is 1.75 bits per heavy atom. The Hall–Kier alpha value is -0.430. The lowest BCUT2D eigenvalue weighted by Gasteiger charge is -2.19. The van der Waals surface area contributed by atoms with E-state index in [2.05, 4.69) is 3.07 Å². The highest BCUT2D eigenvalue weighted by atomic mass is 127. The zero-order chi connectivity index (χ0) is 9.14. The quantitative estimate of drug-likeness (QED) is 0.556. The summed E-state index contributed by atoms with van der Waals surface area (Å²) >= 11 is 1.48. The van der Waals surface area contributed by atoms with E-state index < -0.39 is 17.9 Å². The van der Waals surface area contributed by atoms with Crippen LogP contribution in [0.15, 0.2) is 12.2 Å².